The molecule has 0 radical (unpaired) electrons. The van der Waals surface area contributed by atoms with Gasteiger partial charge in [0.05, 0.1) is 10.6 Å². The molecule has 0 spiro atoms. The highest BCUT2D eigenvalue weighted by molar-refractivity contribution is 7.91. The second-order valence-corrected chi connectivity index (χ2v) is 6.90. The Labute approximate surface area is 126 Å². The molecule has 0 saturated heterocycles. The molecule has 2 aromatic rings. The monoisotopic (exact) mass is 325 g/mol. The first-order valence-electron chi connectivity index (χ1n) is 6.61. The maximum atomic E-state index is 14.2. The zero-order chi connectivity index (χ0) is 15.9. The van der Waals surface area contributed by atoms with E-state index in [4.69, 9.17) is 0 Å². The quantitative estimate of drug-likeness (QED) is 0.830. The van der Waals surface area contributed by atoms with Crippen molar-refractivity contribution < 1.29 is 17.2 Å². The fourth-order valence-electron chi connectivity index (χ4n) is 2.29. The van der Waals surface area contributed by atoms with Crippen LogP contribution in [-0.4, -0.2) is 26.0 Å². The van der Waals surface area contributed by atoms with Crippen LogP contribution in [0.25, 0.3) is 0 Å². The normalized spacial score (nSPS) is 17.3. The lowest BCUT2D eigenvalue weighted by Crippen LogP contribution is -2.32. The summed E-state index contributed by atoms with van der Waals surface area (Å²) in [6.45, 7) is 2.18. The summed E-state index contributed by atoms with van der Waals surface area (Å²) in [4.78, 5) is 2.62. The number of hydrogen-bond donors (Lipinski definition) is 2. The van der Waals surface area contributed by atoms with Gasteiger partial charge in [0.1, 0.15) is 4.90 Å². The SMILES string of the molecule is CC1CNc2c(nc(F)c(F)c2S(=O)(=O)c2ccccc2)N1. The molecular formula is C14H13F2N3O2S. The first-order chi connectivity index (χ1) is 10.4. The third-order valence-electron chi connectivity index (χ3n) is 3.34. The van der Waals surface area contributed by atoms with E-state index < -0.39 is 26.5 Å². The first-order valence-corrected chi connectivity index (χ1v) is 8.09. The van der Waals surface area contributed by atoms with E-state index in [1.807, 2.05) is 6.92 Å². The first kappa shape index (κ1) is 14.7. The fraction of sp³-hybridized carbons (Fsp3) is 0.214. The molecule has 3 rings (SSSR count). The van der Waals surface area contributed by atoms with Crippen LogP contribution in [0.15, 0.2) is 40.1 Å². The minimum Gasteiger partial charge on any atom is -0.379 e. The van der Waals surface area contributed by atoms with Crippen molar-refractivity contribution in [2.45, 2.75) is 22.8 Å². The van der Waals surface area contributed by atoms with Gasteiger partial charge in [0.2, 0.25) is 9.84 Å². The van der Waals surface area contributed by atoms with Crippen molar-refractivity contribution >= 4 is 21.3 Å². The van der Waals surface area contributed by atoms with Crippen LogP contribution in [0.5, 0.6) is 0 Å². The molecule has 1 aliphatic heterocycles. The number of fused-ring (bicyclic) bond motifs is 1. The number of hydrogen-bond acceptors (Lipinski definition) is 5. The molecule has 2 heterocycles. The zero-order valence-electron chi connectivity index (χ0n) is 11.6. The molecular weight excluding hydrogens is 312 g/mol. The highest BCUT2D eigenvalue weighted by Crippen LogP contribution is 2.37. The topological polar surface area (TPSA) is 71.1 Å². The second kappa shape index (κ2) is 5.20. The maximum absolute atomic E-state index is 14.2. The van der Waals surface area contributed by atoms with Crippen LogP contribution < -0.4 is 10.6 Å². The number of nitrogens with one attached hydrogen (secondary N) is 2. The molecule has 1 aromatic heterocycles. The van der Waals surface area contributed by atoms with E-state index in [-0.39, 0.29) is 22.4 Å². The summed E-state index contributed by atoms with van der Waals surface area (Å²) in [6.07, 6.45) is 0. The van der Waals surface area contributed by atoms with Gasteiger partial charge in [-0.05, 0) is 19.1 Å². The largest absolute Gasteiger partial charge is 0.379 e. The molecule has 0 aliphatic carbocycles. The van der Waals surface area contributed by atoms with Gasteiger partial charge in [0.25, 0.3) is 5.95 Å². The van der Waals surface area contributed by atoms with Crippen molar-refractivity contribution in [2.75, 3.05) is 17.2 Å². The van der Waals surface area contributed by atoms with Crippen molar-refractivity contribution in [1.29, 1.82) is 0 Å². The van der Waals surface area contributed by atoms with E-state index in [0.717, 1.165) is 0 Å². The lowest BCUT2D eigenvalue weighted by atomic mass is 10.2. The zero-order valence-corrected chi connectivity index (χ0v) is 12.4. The summed E-state index contributed by atoms with van der Waals surface area (Å²) < 4.78 is 53.2. The minimum absolute atomic E-state index is 0.00726. The van der Waals surface area contributed by atoms with Crippen LogP contribution in [-0.2, 0) is 9.84 Å². The van der Waals surface area contributed by atoms with Gasteiger partial charge in [-0.25, -0.2) is 12.8 Å². The van der Waals surface area contributed by atoms with Crippen molar-refractivity contribution in [3.05, 3.63) is 42.1 Å². The number of halogens is 2. The van der Waals surface area contributed by atoms with Gasteiger partial charge in [0.15, 0.2) is 11.6 Å². The summed E-state index contributed by atoms with van der Waals surface area (Å²) in [5.74, 6) is -2.93. The summed E-state index contributed by atoms with van der Waals surface area (Å²) in [6, 6.07) is 7.25. The average molecular weight is 325 g/mol. The molecule has 1 unspecified atom stereocenters. The Morgan fingerprint density at radius 3 is 2.59 bits per heavy atom. The number of nitrogens with zero attached hydrogens (tertiary/aromatic N) is 1. The summed E-state index contributed by atoms with van der Waals surface area (Å²) in [5.41, 5.74) is -0.0409. The van der Waals surface area contributed by atoms with Crippen molar-refractivity contribution in [2.24, 2.45) is 0 Å². The van der Waals surface area contributed by atoms with E-state index in [0.29, 0.717) is 6.54 Å². The van der Waals surface area contributed by atoms with Crippen LogP contribution in [0.2, 0.25) is 0 Å². The second-order valence-electron chi connectivity index (χ2n) is 5.01. The molecule has 0 bridgehead atoms. The summed E-state index contributed by atoms with van der Waals surface area (Å²) in [5, 5.41) is 5.66. The van der Waals surface area contributed by atoms with Crippen LogP contribution in [0.1, 0.15) is 6.92 Å². The van der Waals surface area contributed by atoms with Gasteiger partial charge >= 0.3 is 0 Å². The Hall–Kier alpha value is -2.22. The Bertz CT molecular complexity index is 826. The molecule has 0 saturated carbocycles. The lowest BCUT2D eigenvalue weighted by Gasteiger charge is -2.26. The van der Waals surface area contributed by atoms with Gasteiger partial charge in [-0.15, -0.1) is 0 Å². The van der Waals surface area contributed by atoms with Crippen molar-refractivity contribution in [1.82, 2.24) is 4.98 Å². The van der Waals surface area contributed by atoms with Crippen molar-refractivity contribution in [3.63, 3.8) is 0 Å². The molecule has 8 heteroatoms. The van der Waals surface area contributed by atoms with E-state index in [2.05, 4.69) is 15.6 Å². The van der Waals surface area contributed by atoms with Gasteiger partial charge < -0.3 is 10.6 Å². The Balaban J connectivity index is 2.27. The third kappa shape index (κ3) is 2.29. The molecule has 1 atom stereocenters. The molecule has 1 aromatic carbocycles. The minimum atomic E-state index is -4.21. The number of benzene rings is 1. The number of anilines is 2. The lowest BCUT2D eigenvalue weighted by molar-refractivity contribution is 0.459. The third-order valence-corrected chi connectivity index (χ3v) is 5.16. The Kier molecular flexibility index (Phi) is 3.48. The molecule has 116 valence electrons. The highest BCUT2D eigenvalue weighted by atomic mass is 32.2. The molecule has 5 nitrogen and oxygen atoms in total. The number of aromatic nitrogens is 1. The smallest absolute Gasteiger partial charge is 0.252 e. The maximum Gasteiger partial charge on any atom is 0.252 e. The predicted octanol–water partition coefficient (Wildman–Crippen LogP) is 2.42. The van der Waals surface area contributed by atoms with Gasteiger partial charge in [0, 0.05) is 12.6 Å². The molecule has 0 amide bonds. The summed E-state index contributed by atoms with van der Waals surface area (Å²) in [7, 11) is -4.21. The molecule has 22 heavy (non-hydrogen) atoms. The van der Waals surface area contributed by atoms with Crippen LogP contribution in [0, 0.1) is 11.8 Å². The molecule has 1 aliphatic rings. The van der Waals surface area contributed by atoms with E-state index in [1.54, 1.807) is 6.07 Å². The van der Waals surface area contributed by atoms with Crippen LogP contribution in [0.3, 0.4) is 0 Å². The molecule has 0 fully saturated rings. The number of pyridine rings is 1. The van der Waals surface area contributed by atoms with Gasteiger partial charge in [-0.3, -0.25) is 0 Å². The molecule has 2 N–H and O–H groups in total. The standard InChI is InChI=1S/C14H13F2N3O2S/c1-8-7-17-11-12(10(15)13(16)19-14(11)18-8)22(20,21)9-5-3-2-4-6-9/h2-6,8,17H,7H2,1H3,(H,18,19). The summed E-state index contributed by atoms with van der Waals surface area (Å²) >= 11 is 0. The van der Waals surface area contributed by atoms with E-state index in [9.17, 15) is 17.2 Å². The van der Waals surface area contributed by atoms with Gasteiger partial charge in [-0.1, -0.05) is 18.2 Å². The van der Waals surface area contributed by atoms with Crippen LogP contribution in [0.4, 0.5) is 20.3 Å². The van der Waals surface area contributed by atoms with E-state index in [1.165, 1.54) is 24.3 Å². The predicted molar refractivity (Wildman–Crippen MR) is 77.6 cm³/mol. The Morgan fingerprint density at radius 2 is 1.91 bits per heavy atom. The number of sulfone groups is 1. The van der Waals surface area contributed by atoms with Crippen LogP contribution >= 0.6 is 0 Å². The highest BCUT2D eigenvalue weighted by Gasteiger charge is 2.33. The average Bonchev–Trinajstić information content (AvgIpc) is 2.49. The number of rotatable bonds is 2. The Morgan fingerprint density at radius 1 is 1.23 bits per heavy atom. The van der Waals surface area contributed by atoms with Crippen molar-refractivity contribution in [3.8, 4) is 0 Å². The van der Waals surface area contributed by atoms with E-state index >= 15 is 0 Å². The van der Waals surface area contributed by atoms with Gasteiger partial charge in [-0.2, -0.15) is 9.37 Å². The fourth-order valence-corrected chi connectivity index (χ4v) is 3.80.